The van der Waals surface area contributed by atoms with Crippen LogP contribution in [-0.2, 0) is 14.1 Å². The third kappa shape index (κ3) is 2.19. The van der Waals surface area contributed by atoms with E-state index >= 15 is 0 Å². The largest absolute Gasteiger partial charge is 0.494 e. The zero-order valence-electron chi connectivity index (χ0n) is 11.3. The van der Waals surface area contributed by atoms with Crippen LogP contribution in [0, 0.1) is 4.77 Å². The molecule has 1 N–H and O–H groups in total. The lowest BCUT2D eigenvalue weighted by molar-refractivity contribution is 0.414. The van der Waals surface area contributed by atoms with Gasteiger partial charge in [-0.1, -0.05) is 0 Å². The summed E-state index contributed by atoms with van der Waals surface area (Å²) in [5.41, 5.74) is 2.42. The van der Waals surface area contributed by atoms with Crippen molar-refractivity contribution < 1.29 is 5.11 Å². The van der Waals surface area contributed by atoms with Crippen LogP contribution in [0.1, 0.15) is 19.4 Å². The summed E-state index contributed by atoms with van der Waals surface area (Å²) in [5, 5.41) is 10.1. The molecule has 0 radical (unpaired) electrons. The molecule has 0 aliphatic carbocycles. The number of aromatic nitrogens is 2. The molecule has 0 atom stereocenters. The summed E-state index contributed by atoms with van der Waals surface area (Å²) in [7, 11) is 3.21. The predicted molar refractivity (Wildman–Crippen MR) is 78.0 cm³/mol. The molecule has 19 heavy (non-hydrogen) atoms. The maximum absolute atomic E-state index is 12.2. The summed E-state index contributed by atoms with van der Waals surface area (Å²) < 4.78 is 3.01. The molecule has 0 saturated carbocycles. The molecule has 0 fully saturated rings. The number of nitrogens with zero attached hydrogens (tertiary/aromatic N) is 3. The number of hydrogen-bond donors (Lipinski definition) is 1. The van der Waals surface area contributed by atoms with Gasteiger partial charge in [-0.15, -0.1) is 0 Å². The summed E-state index contributed by atoms with van der Waals surface area (Å²) >= 11 is 5.06. The van der Waals surface area contributed by atoms with Gasteiger partial charge in [0.1, 0.15) is 5.56 Å². The molecule has 1 aromatic heterocycles. The number of allylic oxidation sites excluding steroid dienone is 3. The molecule has 1 aromatic rings. The molecule has 5 nitrogen and oxygen atoms in total. The van der Waals surface area contributed by atoms with E-state index in [9.17, 15) is 9.90 Å². The van der Waals surface area contributed by atoms with Gasteiger partial charge in [-0.2, -0.15) is 0 Å². The molecular weight excluding hydrogens is 262 g/mol. The molecule has 1 aliphatic rings. The van der Waals surface area contributed by atoms with Crippen molar-refractivity contribution in [1.82, 2.24) is 9.13 Å². The van der Waals surface area contributed by atoms with Gasteiger partial charge < -0.3 is 5.11 Å². The second-order valence-electron chi connectivity index (χ2n) is 4.53. The van der Waals surface area contributed by atoms with Crippen molar-refractivity contribution in [3.05, 3.63) is 38.0 Å². The Morgan fingerprint density at radius 3 is 2.47 bits per heavy atom. The molecule has 6 heteroatoms. The highest BCUT2D eigenvalue weighted by Crippen LogP contribution is 2.21. The van der Waals surface area contributed by atoms with Crippen molar-refractivity contribution in [2.75, 3.05) is 0 Å². The molecule has 2 rings (SSSR count). The van der Waals surface area contributed by atoms with Crippen molar-refractivity contribution in [1.29, 1.82) is 0 Å². The van der Waals surface area contributed by atoms with E-state index in [1.807, 2.05) is 19.9 Å². The van der Waals surface area contributed by atoms with E-state index in [1.54, 1.807) is 20.2 Å². The molecule has 0 bridgehead atoms. The summed E-state index contributed by atoms with van der Waals surface area (Å²) in [6.45, 7) is 3.75. The van der Waals surface area contributed by atoms with Crippen molar-refractivity contribution in [2.24, 2.45) is 19.1 Å². The molecule has 1 aliphatic heterocycles. The van der Waals surface area contributed by atoms with Crippen LogP contribution in [0.4, 0.5) is 0 Å². The van der Waals surface area contributed by atoms with Crippen molar-refractivity contribution in [2.45, 2.75) is 13.8 Å². The summed E-state index contributed by atoms with van der Waals surface area (Å²) in [6, 6.07) is 0. The van der Waals surface area contributed by atoms with Crippen LogP contribution in [0.15, 0.2) is 27.1 Å². The van der Waals surface area contributed by atoms with Crippen LogP contribution in [0.3, 0.4) is 0 Å². The average molecular weight is 277 g/mol. The fourth-order valence-corrected chi connectivity index (χ4v) is 2.15. The van der Waals surface area contributed by atoms with Crippen LogP contribution in [0.25, 0.3) is 6.08 Å². The second-order valence-corrected chi connectivity index (χ2v) is 4.89. The maximum atomic E-state index is 12.2. The van der Waals surface area contributed by atoms with Gasteiger partial charge in [0.15, 0.2) is 4.77 Å². The highest BCUT2D eigenvalue weighted by Gasteiger charge is 2.14. The van der Waals surface area contributed by atoms with Crippen molar-refractivity contribution in [3.8, 4) is 5.88 Å². The normalized spacial score (nSPS) is 16.7. The topological polar surface area (TPSA) is 59.5 Å². The third-order valence-corrected chi connectivity index (χ3v) is 3.64. The minimum absolute atomic E-state index is 0.133. The first-order valence-electron chi connectivity index (χ1n) is 5.77. The van der Waals surface area contributed by atoms with Gasteiger partial charge in [0.25, 0.3) is 5.56 Å². The lowest BCUT2D eigenvalue weighted by Crippen LogP contribution is -2.24. The first-order chi connectivity index (χ1) is 8.82. The fraction of sp³-hybridized carbons (Fsp3) is 0.308. The summed E-state index contributed by atoms with van der Waals surface area (Å²) in [5.74, 6) is -0.133. The first kappa shape index (κ1) is 13.5. The van der Waals surface area contributed by atoms with Gasteiger partial charge in [0.05, 0.1) is 0 Å². The Kier molecular flexibility index (Phi) is 3.28. The molecule has 0 amide bonds. The van der Waals surface area contributed by atoms with E-state index in [1.165, 1.54) is 9.13 Å². The van der Waals surface area contributed by atoms with E-state index in [0.717, 1.165) is 17.0 Å². The highest BCUT2D eigenvalue weighted by molar-refractivity contribution is 7.71. The Morgan fingerprint density at radius 1 is 1.32 bits per heavy atom. The molecule has 100 valence electrons. The Morgan fingerprint density at radius 2 is 1.95 bits per heavy atom. The van der Waals surface area contributed by atoms with Gasteiger partial charge in [-0.25, -0.2) is 0 Å². The Balaban J connectivity index is 2.74. The summed E-state index contributed by atoms with van der Waals surface area (Å²) in [4.78, 5) is 16.4. The second kappa shape index (κ2) is 4.62. The Labute approximate surface area is 115 Å². The van der Waals surface area contributed by atoms with Crippen LogP contribution >= 0.6 is 12.2 Å². The monoisotopic (exact) mass is 277 g/mol. The molecule has 0 aromatic carbocycles. The van der Waals surface area contributed by atoms with Gasteiger partial charge >= 0.3 is 0 Å². The number of hydrogen-bond acceptors (Lipinski definition) is 4. The minimum Gasteiger partial charge on any atom is -0.494 e. The van der Waals surface area contributed by atoms with Gasteiger partial charge in [-0.3, -0.25) is 18.9 Å². The quantitative estimate of drug-likeness (QED) is 0.798. The lowest BCUT2D eigenvalue weighted by atomic mass is 10.1. The SMILES string of the molecule is CC1=CC(=Cc2c(O)n(C)c(=S)n(C)c2=O)C(C)=N1. The van der Waals surface area contributed by atoms with Gasteiger partial charge in [0.2, 0.25) is 5.88 Å². The fourth-order valence-electron chi connectivity index (χ4n) is 1.98. The average Bonchev–Trinajstić information content (AvgIpc) is 2.68. The molecule has 2 heterocycles. The first-order valence-corrected chi connectivity index (χ1v) is 6.18. The Bertz CT molecular complexity index is 763. The van der Waals surface area contributed by atoms with Crippen molar-refractivity contribution >= 4 is 24.0 Å². The van der Waals surface area contributed by atoms with E-state index in [-0.39, 0.29) is 21.8 Å². The molecule has 0 spiro atoms. The number of aromatic hydroxyl groups is 1. The number of aliphatic imine (C=N–C) groups is 1. The summed E-state index contributed by atoms with van der Waals surface area (Å²) in [6.07, 6.45) is 3.51. The molecule has 0 saturated heterocycles. The maximum Gasteiger partial charge on any atom is 0.265 e. The van der Waals surface area contributed by atoms with E-state index in [0.29, 0.717) is 0 Å². The van der Waals surface area contributed by atoms with E-state index in [2.05, 4.69) is 4.99 Å². The number of rotatable bonds is 1. The minimum atomic E-state index is -0.321. The van der Waals surface area contributed by atoms with Crippen LogP contribution in [-0.4, -0.2) is 20.0 Å². The predicted octanol–water partition coefficient (Wildman–Crippen LogP) is 1.92. The molecule has 0 unspecified atom stereocenters. The standard InChI is InChI=1S/C13H15N3O2S/c1-7-5-9(8(2)14-7)6-10-11(17)15(3)13(19)16(4)12(10)18/h5-6,17H,1-4H3. The van der Waals surface area contributed by atoms with Crippen LogP contribution in [0.2, 0.25) is 0 Å². The van der Waals surface area contributed by atoms with Gasteiger partial charge in [-0.05, 0) is 43.8 Å². The third-order valence-electron chi connectivity index (χ3n) is 3.09. The van der Waals surface area contributed by atoms with E-state index in [4.69, 9.17) is 12.2 Å². The smallest absolute Gasteiger partial charge is 0.265 e. The van der Waals surface area contributed by atoms with Crippen LogP contribution in [0.5, 0.6) is 5.88 Å². The highest BCUT2D eigenvalue weighted by atomic mass is 32.1. The lowest BCUT2D eigenvalue weighted by Gasteiger charge is -2.10. The Hall–Kier alpha value is -1.95. The van der Waals surface area contributed by atoms with Gasteiger partial charge in [0, 0.05) is 25.5 Å². The zero-order chi connectivity index (χ0) is 14.3. The molecular formula is C13H15N3O2S. The zero-order valence-corrected chi connectivity index (χ0v) is 12.1. The van der Waals surface area contributed by atoms with Crippen molar-refractivity contribution in [3.63, 3.8) is 0 Å². The van der Waals surface area contributed by atoms with Crippen LogP contribution < -0.4 is 5.56 Å². The van der Waals surface area contributed by atoms with E-state index < -0.39 is 0 Å².